The van der Waals surface area contributed by atoms with Gasteiger partial charge in [0.25, 0.3) is 5.56 Å². The minimum absolute atomic E-state index is 0.267. The predicted octanol–water partition coefficient (Wildman–Crippen LogP) is 3.98. The molecule has 3 rings (SSSR count). The minimum Gasteiger partial charge on any atom is -0.334 e. The fourth-order valence-corrected chi connectivity index (χ4v) is 4.11. The summed E-state index contributed by atoms with van der Waals surface area (Å²) in [6.07, 6.45) is 0. The molecule has 3 aromatic rings. The van der Waals surface area contributed by atoms with Crippen LogP contribution in [0.3, 0.4) is 0 Å². The first-order valence-corrected chi connectivity index (χ1v) is 8.90. The van der Waals surface area contributed by atoms with Crippen molar-refractivity contribution in [2.45, 2.75) is 31.7 Å². The topological polar surface area (TPSA) is 60.9 Å². The van der Waals surface area contributed by atoms with Gasteiger partial charge in [-0.1, -0.05) is 41.1 Å². The van der Waals surface area contributed by atoms with Crippen molar-refractivity contribution >= 4 is 34.3 Å². The van der Waals surface area contributed by atoms with Gasteiger partial charge >= 0.3 is 0 Å². The summed E-state index contributed by atoms with van der Waals surface area (Å²) in [5, 5.41) is 1.49. The van der Waals surface area contributed by atoms with Crippen molar-refractivity contribution in [3.05, 3.63) is 68.0 Å². The highest BCUT2D eigenvalue weighted by molar-refractivity contribution is 7.98. The van der Waals surface area contributed by atoms with Crippen LogP contribution < -0.4 is 11.4 Å². The minimum atomic E-state index is -0.267. The summed E-state index contributed by atoms with van der Waals surface area (Å²) < 4.78 is 1.11. The van der Waals surface area contributed by atoms with Gasteiger partial charge in [-0.2, -0.15) is 0 Å². The molecule has 0 bridgehead atoms. The highest BCUT2D eigenvalue weighted by Crippen LogP contribution is 2.26. The van der Waals surface area contributed by atoms with Crippen molar-refractivity contribution in [1.29, 1.82) is 0 Å². The summed E-state index contributed by atoms with van der Waals surface area (Å²) in [7, 11) is 0. The number of rotatable bonds is 3. The maximum Gasteiger partial charge on any atom is 0.280 e. The molecule has 0 aliphatic rings. The quantitative estimate of drug-likeness (QED) is 0.436. The van der Waals surface area contributed by atoms with Crippen LogP contribution in [0, 0.1) is 20.8 Å². The van der Waals surface area contributed by atoms with E-state index < -0.39 is 0 Å². The first-order valence-electron chi connectivity index (χ1n) is 7.53. The first kappa shape index (κ1) is 16.9. The maximum absolute atomic E-state index is 12.4. The number of aromatic nitrogens is 2. The molecule has 2 aromatic carbocycles. The summed E-state index contributed by atoms with van der Waals surface area (Å²) in [5.41, 5.74) is 5.24. The van der Waals surface area contributed by atoms with Crippen LogP contribution in [-0.4, -0.2) is 9.66 Å². The lowest BCUT2D eigenvalue weighted by Crippen LogP contribution is -2.29. The second kappa shape index (κ2) is 6.49. The number of halogens is 1. The molecule has 124 valence electrons. The number of benzene rings is 2. The van der Waals surface area contributed by atoms with Gasteiger partial charge in [0, 0.05) is 10.8 Å². The average Bonchev–Trinajstić information content (AvgIpc) is 2.50. The van der Waals surface area contributed by atoms with E-state index >= 15 is 0 Å². The van der Waals surface area contributed by atoms with Crippen molar-refractivity contribution in [3.8, 4) is 0 Å². The third-order valence-electron chi connectivity index (χ3n) is 4.02. The van der Waals surface area contributed by atoms with Crippen LogP contribution in [0.2, 0.25) is 5.02 Å². The molecule has 0 aliphatic heterocycles. The number of nitrogens with two attached hydrogens (primary N) is 1. The van der Waals surface area contributed by atoms with Crippen LogP contribution >= 0.6 is 23.4 Å². The molecule has 0 unspecified atom stereocenters. The standard InChI is InChI=1S/C18H18ClN3OS/c1-10-6-11(2)15(12(3)7-10)9-24-18-21-16-8-13(19)4-5-14(16)17(23)22(18)20/h4-8H,9,20H2,1-3H3. The molecule has 0 aliphatic carbocycles. The number of hydrogen-bond acceptors (Lipinski definition) is 4. The lowest BCUT2D eigenvalue weighted by molar-refractivity contribution is 0.779. The Labute approximate surface area is 149 Å². The number of hydrogen-bond donors (Lipinski definition) is 1. The Balaban J connectivity index is 1.99. The number of nitrogen functional groups attached to an aromatic ring is 1. The van der Waals surface area contributed by atoms with Gasteiger partial charge in [0.1, 0.15) is 0 Å². The molecule has 1 heterocycles. The molecule has 24 heavy (non-hydrogen) atoms. The summed E-state index contributed by atoms with van der Waals surface area (Å²) in [4.78, 5) is 16.9. The van der Waals surface area contributed by atoms with Crippen molar-refractivity contribution in [2.75, 3.05) is 5.84 Å². The van der Waals surface area contributed by atoms with Crippen LogP contribution in [0.15, 0.2) is 40.3 Å². The van der Waals surface area contributed by atoms with E-state index in [1.165, 1.54) is 34.0 Å². The molecule has 0 radical (unpaired) electrons. The lowest BCUT2D eigenvalue weighted by atomic mass is 10.0. The van der Waals surface area contributed by atoms with Crippen LogP contribution in [0.4, 0.5) is 0 Å². The van der Waals surface area contributed by atoms with Gasteiger partial charge < -0.3 is 5.84 Å². The van der Waals surface area contributed by atoms with E-state index in [0.717, 1.165) is 4.68 Å². The largest absolute Gasteiger partial charge is 0.334 e. The molecule has 1 aromatic heterocycles. The molecule has 0 fully saturated rings. The van der Waals surface area contributed by atoms with Crippen molar-refractivity contribution < 1.29 is 0 Å². The van der Waals surface area contributed by atoms with Crippen molar-refractivity contribution in [1.82, 2.24) is 9.66 Å². The zero-order chi connectivity index (χ0) is 17.4. The zero-order valence-corrected chi connectivity index (χ0v) is 15.3. The van der Waals surface area contributed by atoms with Gasteiger partial charge in [-0.25, -0.2) is 9.66 Å². The SMILES string of the molecule is Cc1cc(C)c(CSc2nc3cc(Cl)ccc3c(=O)n2N)c(C)c1. The summed E-state index contributed by atoms with van der Waals surface area (Å²) >= 11 is 7.46. The Morgan fingerprint density at radius 1 is 1.17 bits per heavy atom. The molecule has 6 heteroatoms. The third kappa shape index (κ3) is 3.14. The lowest BCUT2D eigenvalue weighted by Gasteiger charge is -2.12. The summed E-state index contributed by atoms with van der Waals surface area (Å²) in [6.45, 7) is 6.28. The maximum atomic E-state index is 12.4. The van der Waals surface area contributed by atoms with Crippen molar-refractivity contribution in [3.63, 3.8) is 0 Å². The molecule has 0 spiro atoms. The van der Waals surface area contributed by atoms with E-state index in [1.54, 1.807) is 18.2 Å². The van der Waals surface area contributed by atoms with E-state index in [0.29, 0.717) is 26.8 Å². The first-order chi connectivity index (χ1) is 11.4. The van der Waals surface area contributed by atoms with E-state index in [1.807, 2.05) is 0 Å². The van der Waals surface area contributed by atoms with Gasteiger partial charge in [-0.05, 0) is 55.7 Å². The van der Waals surface area contributed by atoms with Crippen molar-refractivity contribution in [2.24, 2.45) is 0 Å². The molecular formula is C18H18ClN3OS. The summed E-state index contributed by atoms with van der Waals surface area (Å²) in [6, 6.07) is 9.32. The number of aryl methyl sites for hydroxylation is 3. The van der Waals surface area contributed by atoms with Gasteiger partial charge in [0.05, 0.1) is 10.9 Å². The highest BCUT2D eigenvalue weighted by atomic mass is 35.5. The Kier molecular flexibility index (Phi) is 4.56. The average molecular weight is 360 g/mol. The molecule has 0 amide bonds. The fourth-order valence-electron chi connectivity index (χ4n) is 2.83. The van der Waals surface area contributed by atoms with Gasteiger partial charge in [-0.3, -0.25) is 4.79 Å². The second-order valence-corrected chi connectivity index (χ2v) is 7.28. The summed E-state index contributed by atoms with van der Waals surface area (Å²) in [5.74, 6) is 6.64. The van der Waals surface area contributed by atoms with Crippen LogP contribution in [0.5, 0.6) is 0 Å². The number of nitrogens with zero attached hydrogens (tertiary/aromatic N) is 2. The van der Waals surface area contributed by atoms with E-state index in [2.05, 4.69) is 37.9 Å². The molecular weight excluding hydrogens is 342 g/mol. The normalized spacial score (nSPS) is 11.2. The second-order valence-electron chi connectivity index (χ2n) is 5.90. The highest BCUT2D eigenvalue weighted by Gasteiger charge is 2.12. The predicted molar refractivity (Wildman–Crippen MR) is 101 cm³/mol. The molecule has 2 N–H and O–H groups in total. The van der Waals surface area contributed by atoms with E-state index in [9.17, 15) is 4.79 Å². The fraction of sp³-hybridized carbons (Fsp3) is 0.222. The third-order valence-corrected chi connectivity index (χ3v) is 5.23. The Hall–Kier alpha value is -1.98. The molecule has 0 atom stereocenters. The molecule has 4 nitrogen and oxygen atoms in total. The number of thioether (sulfide) groups is 1. The van der Waals surface area contributed by atoms with Gasteiger partial charge in [-0.15, -0.1) is 0 Å². The zero-order valence-electron chi connectivity index (χ0n) is 13.8. The Morgan fingerprint density at radius 2 is 1.83 bits per heavy atom. The van der Waals surface area contributed by atoms with Gasteiger partial charge in [0.2, 0.25) is 0 Å². The van der Waals surface area contributed by atoms with Crippen LogP contribution in [-0.2, 0) is 5.75 Å². The smallest absolute Gasteiger partial charge is 0.280 e. The van der Waals surface area contributed by atoms with Crippen LogP contribution in [0.25, 0.3) is 10.9 Å². The molecule has 0 saturated carbocycles. The number of fused-ring (bicyclic) bond motifs is 1. The monoisotopic (exact) mass is 359 g/mol. The van der Waals surface area contributed by atoms with Gasteiger partial charge in [0.15, 0.2) is 5.16 Å². The Morgan fingerprint density at radius 3 is 2.50 bits per heavy atom. The molecule has 0 saturated heterocycles. The van der Waals surface area contributed by atoms with Crippen LogP contribution in [0.1, 0.15) is 22.3 Å². The Bertz CT molecular complexity index is 974. The van der Waals surface area contributed by atoms with E-state index in [-0.39, 0.29) is 5.56 Å². The van der Waals surface area contributed by atoms with E-state index in [4.69, 9.17) is 17.4 Å².